The van der Waals surface area contributed by atoms with Gasteiger partial charge in [0.1, 0.15) is 11.2 Å². The maximum atomic E-state index is 11.6. The van der Waals surface area contributed by atoms with Gasteiger partial charge in [-0.25, -0.2) is 20.2 Å². The van der Waals surface area contributed by atoms with Crippen LogP contribution in [0.5, 0.6) is 5.75 Å². The van der Waals surface area contributed by atoms with Gasteiger partial charge in [0.25, 0.3) is 0 Å². The number of ether oxygens (including phenoxy) is 1. The number of fused-ring (bicyclic) bond motifs is 1. The lowest BCUT2D eigenvalue weighted by atomic mass is 10.2. The normalized spacial score (nSPS) is 12.2. The quantitative estimate of drug-likeness (QED) is 0.353. The van der Waals surface area contributed by atoms with E-state index in [1.165, 1.54) is 11.8 Å². The second-order valence-electron chi connectivity index (χ2n) is 7.70. The first-order chi connectivity index (χ1) is 16.1. The van der Waals surface area contributed by atoms with E-state index in [9.17, 15) is 9.59 Å². The molecule has 3 heterocycles. The fraction of sp³-hybridized carbons (Fsp3) is 0.348. The first kappa shape index (κ1) is 26.1. The Hall–Kier alpha value is -2.49. The molecule has 182 valence electrons. The number of nitrogens with zero attached hydrogens (tertiary/aromatic N) is 4. The number of amides is 3. The van der Waals surface area contributed by atoms with E-state index in [4.69, 9.17) is 27.9 Å². The van der Waals surface area contributed by atoms with Gasteiger partial charge in [-0.2, -0.15) is 0 Å². The van der Waals surface area contributed by atoms with Crippen molar-refractivity contribution < 1.29 is 14.3 Å². The Balaban J connectivity index is 0.000000343. The number of hydrogen-bond donors (Lipinski definition) is 1. The first-order valence-electron chi connectivity index (χ1n) is 10.7. The molecule has 1 saturated heterocycles. The van der Waals surface area contributed by atoms with E-state index >= 15 is 0 Å². The SMILES string of the molecule is CC(=O)N(C)c1ccc(Cl)c(COc2cccn3c(Br)c(C)nc23)c1Cl.CCCCN1NC1=O. The minimum Gasteiger partial charge on any atom is -0.485 e. The Kier molecular flexibility index (Phi) is 8.67. The molecule has 1 aliphatic rings. The van der Waals surface area contributed by atoms with Gasteiger partial charge in [-0.1, -0.05) is 36.5 Å². The molecule has 0 unspecified atom stereocenters. The summed E-state index contributed by atoms with van der Waals surface area (Å²) in [5, 5.41) is 2.48. The highest BCUT2D eigenvalue weighted by Crippen LogP contribution is 2.35. The van der Waals surface area contributed by atoms with Gasteiger partial charge in [0.2, 0.25) is 5.91 Å². The number of halogens is 3. The number of carbonyl (C=O) groups excluding carboxylic acids is 2. The number of aromatic nitrogens is 2. The van der Waals surface area contributed by atoms with Gasteiger partial charge in [0, 0.05) is 37.3 Å². The Bertz CT molecular complexity index is 1220. The zero-order valence-corrected chi connectivity index (χ0v) is 22.5. The fourth-order valence-corrected chi connectivity index (χ4v) is 4.08. The number of urea groups is 1. The molecule has 3 amide bonds. The van der Waals surface area contributed by atoms with Gasteiger partial charge in [0.15, 0.2) is 11.4 Å². The van der Waals surface area contributed by atoms with Crippen LogP contribution in [0.2, 0.25) is 10.0 Å². The lowest BCUT2D eigenvalue weighted by Gasteiger charge is -2.19. The van der Waals surface area contributed by atoms with Crippen LogP contribution in [-0.4, -0.2) is 39.9 Å². The standard InChI is InChI=1S/C18H16BrCl2N3O2.C5H10N2O/c1-10-17(19)24-8-4-5-15(18(24)22-10)26-9-12-13(20)6-7-14(16(12)21)23(3)11(2)25;1-2-3-4-7-5(8)6-7/h4-8H,9H2,1-3H3;2-4H2,1H3,(H,6,8). The Morgan fingerprint density at radius 1 is 1.29 bits per heavy atom. The molecule has 2 aromatic heterocycles. The number of rotatable bonds is 7. The van der Waals surface area contributed by atoms with Crippen molar-refractivity contribution in [3.05, 3.63) is 56.4 Å². The Labute approximate surface area is 216 Å². The molecule has 1 fully saturated rings. The highest BCUT2D eigenvalue weighted by molar-refractivity contribution is 9.10. The van der Waals surface area contributed by atoms with Gasteiger partial charge < -0.3 is 9.64 Å². The number of nitrogens with one attached hydrogen (secondary N) is 1. The van der Waals surface area contributed by atoms with Gasteiger partial charge in [-0.3, -0.25) is 9.20 Å². The largest absolute Gasteiger partial charge is 0.485 e. The number of anilines is 1. The summed E-state index contributed by atoms with van der Waals surface area (Å²) in [6.07, 6.45) is 4.14. The number of aryl methyl sites for hydroxylation is 1. The number of unbranched alkanes of at least 4 members (excludes halogenated alkanes) is 1. The Morgan fingerprint density at radius 2 is 2.00 bits per heavy atom. The zero-order valence-electron chi connectivity index (χ0n) is 19.4. The summed E-state index contributed by atoms with van der Waals surface area (Å²) in [6, 6.07) is 7.20. The lowest BCUT2D eigenvalue weighted by Crippen LogP contribution is -2.23. The summed E-state index contributed by atoms with van der Waals surface area (Å²) in [6.45, 7) is 6.51. The van der Waals surface area contributed by atoms with Crippen molar-refractivity contribution in [1.29, 1.82) is 0 Å². The highest BCUT2D eigenvalue weighted by Gasteiger charge is 2.27. The van der Waals surface area contributed by atoms with Crippen LogP contribution in [0.15, 0.2) is 35.1 Å². The Morgan fingerprint density at radius 3 is 2.62 bits per heavy atom. The summed E-state index contributed by atoms with van der Waals surface area (Å²) in [7, 11) is 1.66. The fourth-order valence-electron chi connectivity index (χ4n) is 3.10. The molecule has 11 heteroatoms. The van der Waals surface area contributed by atoms with Crippen molar-refractivity contribution in [2.24, 2.45) is 0 Å². The molecule has 8 nitrogen and oxygen atoms in total. The van der Waals surface area contributed by atoms with E-state index in [1.807, 2.05) is 29.7 Å². The van der Waals surface area contributed by atoms with Crippen LogP contribution in [0, 0.1) is 6.92 Å². The number of hydrogen-bond acceptors (Lipinski definition) is 4. The zero-order chi connectivity index (χ0) is 25.0. The lowest BCUT2D eigenvalue weighted by molar-refractivity contribution is -0.116. The molecule has 1 N–H and O–H groups in total. The van der Waals surface area contributed by atoms with Gasteiger partial charge in [-0.05, 0) is 53.5 Å². The third-order valence-electron chi connectivity index (χ3n) is 5.25. The van der Waals surface area contributed by atoms with E-state index in [1.54, 1.807) is 24.2 Å². The maximum Gasteiger partial charge on any atom is 0.355 e. The van der Waals surface area contributed by atoms with Crippen LogP contribution >= 0.6 is 39.1 Å². The first-order valence-corrected chi connectivity index (χ1v) is 12.3. The monoisotopic (exact) mass is 569 g/mol. The van der Waals surface area contributed by atoms with Gasteiger partial charge in [0.05, 0.1) is 16.4 Å². The average molecular weight is 571 g/mol. The van der Waals surface area contributed by atoms with E-state index in [0.717, 1.165) is 29.7 Å². The summed E-state index contributed by atoms with van der Waals surface area (Å²) in [5.41, 5.74) is 5.32. The van der Waals surface area contributed by atoms with Crippen molar-refractivity contribution in [1.82, 2.24) is 19.8 Å². The number of pyridine rings is 1. The summed E-state index contributed by atoms with van der Waals surface area (Å²) in [4.78, 5) is 27.8. The molecule has 0 atom stereocenters. The second-order valence-corrected chi connectivity index (χ2v) is 9.24. The minimum atomic E-state index is -0.122. The van der Waals surface area contributed by atoms with Crippen molar-refractivity contribution in [2.45, 2.75) is 40.2 Å². The predicted molar refractivity (Wildman–Crippen MR) is 138 cm³/mol. The number of carbonyl (C=O) groups is 2. The molecule has 0 aliphatic carbocycles. The molecular formula is C23H26BrCl2N5O3. The van der Waals surface area contributed by atoms with Crippen LogP contribution in [0.25, 0.3) is 5.65 Å². The van der Waals surface area contributed by atoms with E-state index < -0.39 is 0 Å². The molecule has 0 radical (unpaired) electrons. The molecule has 0 saturated carbocycles. The highest BCUT2D eigenvalue weighted by atomic mass is 79.9. The molecule has 3 aromatic rings. The molecule has 0 spiro atoms. The predicted octanol–water partition coefficient (Wildman–Crippen LogP) is 6.00. The van der Waals surface area contributed by atoms with Crippen molar-refractivity contribution >= 4 is 62.4 Å². The molecule has 4 rings (SSSR count). The van der Waals surface area contributed by atoms with Gasteiger partial charge >= 0.3 is 6.03 Å². The smallest absolute Gasteiger partial charge is 0.355 e. The molecule has 0 bridgehead atoms. The molecule has 34 heavy (non-hydrogen) atoms. The van der Waals surface area contributed by atoms with Crippen LogP contribution in [0.3, 0.4) is 0 Å². The summed E-state index contributed by atoms with van der Waals surface area (Å²) < 4.78 is 8.72. The van der Waals surface area contributed by atoms with Crippen LogP contribution in [0.1, 0.15) is 37.9 Å². The number of benzene rings is 1. The summed E-state index contributed by atoms with van der Waals surface area (Å²) >= 11 is 16.3. The molecule has 1 aliphatic heterocycles. The topological polar surface area (TPSA) is 88.9 Å². The maximum absolute atomic E-state index is 11.6. The molecule has 1 aromatic carbocycles. The van der Waals surface area contributed by atoms with Crippen LogP contribution < -0.4 is 15.1 Å². The van der Waals surface area contributed by atoms with Crippen LogP contribution in [-0.2, 0) is 11.4 Å². The minimum absolute atomic E-state index is 0.0680. The average Bonchev–Trinajstić information content (AvgIpc) is 3.44. The van der Waals surface area contributed by atoms with Crippen LogP contribution in [0.4, 0.5) is 10.5 Å². The van der Waals surface area contributed by atoms with Crippen molar-refractivity contribution in [3.8, 4) is 5.75 Å². The van der Waals surface area contributed by atoms with E-state index in [-0.39, 0.29) is 18.5 Å². The van der Waals surface area contributed by atoms with Crippen molar-refractivity contribution in [2.75, 3.05) is 18.5 Å². The second kappa shape index (κ2) is 11.3. The molecular weight excluding hydrogens is 545 g/mol. The van der Waals surface area contributed by atoms with Gasteiger partial charge in [-0.15, -0.1) is 0 Å². The van der Waals surface area contributed by atoms with E-state index in [0.29, 0.717) is 32.7 Å². The summed E-state index contributed by atoms with van der Waals surface area (Å²) in [5.74, 6) is 0.488. The number of imidazole rings is 1. The van der Waals surface area contributed by atoms with Crippen molar-refractivity contribution in [3.63, 3.8) is 0 Å². The third-order valence-corrected chi connectivity index (χ3v) is 6.98. The third kappa shape index (κ3) is 5.95. The van der Waals surface area contributed by atoms with E-state index in [2.05, 4.69) is 33.3 Å². The number of hydrazine groups is 1.